The predicted octanol–water partition coefficient (Wildman–Crippen LogP) is 4.50. The second-order valence-corrected chi connectivity index (χ2v) is 6.92. The molecule has 3 aromatic heterocycles. The van der Waals surface area contributed by atoms with Gasteiger partial charge in [0.05, 0.1) is 35.2 Å². The highest BCUT2D eigenvalue weighted by molar-refractivity contribution is 7.08. The Balaban J connectivity index is 1.68. The summed E-state index contributed by atoms with van der Waals surface area (Å²) in [5, 5.41) is 12.2. The maximum Gasteiger partial charge on any atom is 0.254 e. The predicted molar refractivity (Wildman–Crippen MR) is 104 cm³/mol. The average Bonchev–Trinajstić information content (AvgIpc) is 3.36. The number of pyridine rings is 1. The van der Waals surface area contributed by atoms with E-state index in [1.54, 1.807) is 46.7 Å². The molecule has 3 heterocycles. The number of thiophene rings is 1. The third kappa shape index (κ3) is 3.33. The Kier molecular flexibility index (Phi) is 4.68. The summed E-state index contributed by atoms with van der Waals surface area (Å²) >= 11 is 1.61. The van der Waals surface area contributed by atoms with Gasteiger partial charge in [0.1, 0.15) is 5.82 Å². The fraction of sp³-hybridized carbons (Fsp3) is 0.150. The van der Waals surface area contributed by atoms with Crippen molar-refractivity contribution in [1.82, 2.24) is 20.1 Å². The van der Waals surface area contributed by atoms with Gasteiger partial charge in [-0.25, -0.2) is 9.07 Å². The molecule has 7 heteroatoms. The lowest BCUT2D eigenvalue weighted by atomic mass is 10.1. The van der Waals surface area contributed by atoms with Crippen molar-refractivity contribution >= 4 is 28.1 Å². The summed E-state index contributed by atoms with van der Waals surface area (Å²) in [4.78, 5) is 17.1. The molecule has 0 fully saturated rings. The van der Waals surface area contributed by atoms with Gasteiger partial charge in [-0.05, 0) is 53.1 Å². The number of carbonyl (C=O) groups excluding carboxylic acids is 1. The van der Waals surface area contributed by atoms with E-state index >= 15 is 0 Å². The maximum absolute atomic E-state index is 13.2. The smallest absolute Gasteiger partial charge is 0.254 e. The molecule has 0 bridgehead atoms. The number of nitrogens with one attached hydrogen (secondary N) is 1. The fourth-order valence-corrected chi connectivity index (χ4v) is 3.76. The van der Waals surface area contributed by atoms with E-state index in [4.69, 9.17) is 0 Å². The Morgan fingerprint density at radius 3 is 2.74 bits per heavy atom. The number of amides is 1. The zero-order chi connectivity index (χ0) is 18.8. The van der Waals surface area contributed by atoms with Gasteiger partial charge in [0.25, 0.3) is 5.91 Å². The fourth-order valence-electron chi connectivity index (χ4n) is 3.04. The lowest BCUT2D eigenvalue weighted by Gasteiger charge is -2.16. The molecule has 0 spiro atoms. The lowest BCUT2D eigenvalue weighted by molar-refractivity contribution is 0.0937. The van der Waals surface area contributed by atoms with Crippen LogP contribution in [-0.4, -0.2) is 20.7 Å². The standard InChI is InChI=1S/C20H17FN4OS/c1-2-18(13-7-8-27-12-13)24-20(26)17-9-22-11-19-16(17)10-23-25(19)15-5-3-14(21)4-6-15/h3-12,18H,2H2,1H3,(H,24,26)/t18-/m1/s1. The summed E-state index contributed by atoms with van der Waals surface area (Å²) in [5.41, 5.74) is 2.96. The van der Waals surface area contributed by atoms with Crippen LogP contribution in [0.4, 0.5) is 4.39 Å². The number of carbonyl (C=O) groups is 1. The molecule has 1 amide bonds. The third-order valence-corrected chi connectivity index (χ3v) is 5.17. The quantitative estimate of drug-likeness (QED) is 0.554. The van der Waals surface area contributed by atoms with E-state index in [0.29, 0.717) is 22.2 Å². The highest BCUT2D eigenvalue weighted by atomic mass is 32.1. The van der Waals surface area contributed by atoms with Crippen LogP contribution < -0.4 is 5.32 Å². The zero-order valence-corrected chi connectivity index (χ0v) is 15.4. The van der Waals surface area contributed by atoms with E-state index in [1.165, 1.54) is 12.1 Å². The summed E-state index contributed by atoms with van der Waals surface area (Å²) in [5.74, 6) is -0.503. The van der Waals surface area contributed by atoms with E-state index in [2.05, 4.69) is 15.4 Å². The topological polar surface area (TPSA) is 59.8 Å². The Morgan fingerprint density at radius 2 is 2.04 bits per heavy atom. The molecule has 1 aromatic carbocycles. The van der Waals surface area contributed by atoms with Crippen molar-refractivity contribution in [2.75, 3.05) is 0 Å². The first kappa shape index (κ1) is 17.4. The van der Waals surface area contributed by atoms with Crippen LogP contribution in [0.15, 0.2) is 59.7 Å². The van der Waals surface area contributed by atoms with Crippen LogP contribution in [-0.2, 0) is 0 Å². The minimum absolute atomic E-state index is 0.0499. The van der Waals surface area contributed by atoms with Crippen LogP contribution in [0.3, 0.4) is 0 Å². The molecule has 0 aliphatic carbocycles. The van der Waals surface area contributed by atoms with E-state index in [1.807, 2.05) is 23.8 Å². The highest BCUT2D eigenvalue weighted by Crippen LogP contribution is 2.23. The van der Waals surface area contributed by atoms with Crippen molar-refractivity contribution in [1.29, 1.82) is 0 Å². The number of aromatic nitrogens is 3. The van der Waals surface area contributed by atoms with Gasteiger partial charge < -0.3 is 5.32 Å². The Bertz CT molecular complexity index is 1070. The van der Waals surface area contributed by atoms with Gasteiger partial charge in [0, 0.05) is 11.6 Å². The number of halogens is 1. The van der Waals surface area contributed by atoms with Crippen LogP contribution in [0.25, 0.3) is 16.6 Å². The van der Waals surface area contributed by atoms with Crippen molar-refractivity contribution in [2.24, 2.45) is 0 Å². The monoisotopic (exact) mass is 380 g/mol. The Hall–Kier alpha value is -3.06. The summed E-state index contributed by atoms with van der Waals surface area (Å²) in [6.07, 6.45) is 5.63. The molecule has 5 nitrogen and oxygen atoms in total. The number of hydrogen-bond acceptors (Lipinski definition) is 4. The molecule has 0 unspecified atom stereocenters. The number of rotatable bonds is 5. The lowest BCUT2D eigenvalue weighted by Crippen LogP contribution is -2.28. The molecule has 136 valence electrons. The molecule has 0 radical (unpaired) electrons. The summed E-state index contributed by atoms with van der Waals surface area (Å²) in [6, 6.07) is 7.99. The van der Waals surface area contributed by atoms with Crippen molar-refractivity contribution in [3.8, 4) is 5.69 Å². The summed E-state index contributed by atoms with van der Waals surface area (Å²) in [6.45, 7) is 2.04. The first-order valence-corrected chi connectivity index (χ1v) is 9.52. The number of nitrogens with zero attached hydrogens (tertiary/aromatic N) is 3. The summed E-state index contributed by atoms with van der Waals surface area (Å²) < 4.78 is 14.8. The Morgan fingerprint density at radius 1 is 1.22 bits per heavy atom. The minimum atomic E-state index is -0.313. The molecule has 1 N–H and O–H groups in total. The van der Waals surface area contributed by atoms with Gasteiger partial charge >= 0.3 is 0 Å². The minimum Gasteiger partial charge on any atom is -0.345 e. The molecule has 0 saturated heterocycles. The van der Waals surface area contributed by atoms with Gasteiger partial charge in [0.2, 0.25) is 0 Å². The van der Waals surface area contributed by atoms with Gasteiger partial charge in [-0.2, -0.15) is 16.4 Å². The van der Waals surface area contributed by atoms with Gasteiger partial charge in [-0.3, -0.25) is 9.78 Å². The highest BCUT2D eigenvalue weighted by Gasteiger charge is 2.18. The van der Waals surface area contributed by atoms with E-state index in [0.717, 1.165) is 12.0 Å². The van der Waals surface area contributed by atoms with Crippen LogP contribution in [0.2, 0.25) is 0 Å². The van der Waals surface area contributed by atoms with E-state index in [9.17, 15) is 9.18 Å². The molecule has 0 aliphatic heterocycles. The average molecular weight is 380 g/mol. The second kappa shape index (κ2) is 7.28. The van der Waals surface area contributed by atoms with E-state index in [-0.39, 0.29) is 17.8 Å². The maximum atomic E-state index is 13.2. The number of fused-ring (bicyclic) bond motifs is 1. The number of hydrogen-bond donors (Lipinski definition) is 1. The zero-order valence-electron chi connectivity index (χ0n) is 14.6. The van der Waals surface area contributed by atoms with Crippen LogP contribution in [0.5, 0.6) is 0 Å². The molecule has 4 rings (SSSR count). The molecular weight excluding hydrogens is 363 g/mol. The van der Waals surface area contributed by atoms with Crippen LogP contribution >= 0.6 is 11.3 Å². The SMILES string of the molecule is CC[C@@H](NC(=O)c1cncc2c1cnn2-c1ccc(F)cc1)c1ccsc1. The Labute approximate surface area is 159 Å². The molecule has 4 aromatic rings. The van der Waals surface area contributed by atoms with Crippen LogP contribution in [0, 0.1) is 5.82 Å². The molecule has 0 aliphatic rings. The molecule has 1 atom stereocenters. The molecular formula is C20H17FN4OS. The number of benzene rings is 1. The van der Waals surface area contributed by atoms with Crippen LogP contribution in [0.1, 0.15) is 35.3 Å². The molecule has 27 heavy (non-hydrogen) atoms. The first-order valence-electron chi connectivity index (χ1n) is 8.58. The first-order chi connectivity index (χ1) is 13.2. The van der Waals surface area contributed by atoms with Gasteiger partial charge in [-0.15, -0.1) is 0 Å². The second-order valence-electron chi connectivity index (χ2n) is 6.14. The van der Waals surface area contributed by atoms with Gasteiger partial charge in [0.15, 0.2) is 0 Å². The molecule has 0 saturated carbocycles. The van der Waals surface area contributed by atoms with Gasteiger partial charge in [-0.1, -0.05) is 6.92 Å². The summed E-state index contributed by atoms with van der Waals surface area (Å²) in [7, 11) is 0. The van der Waals surface area contributed by atoms with Crippen molar-refractivity contribution in [3.63, 3.8) is 0 Å². The van der Waals surface area contributed by atoms with Crippen molar-refractivity contribution in [3.05, 3.63) is 76.6 Å². The third-order valence-electron chi connectivity index (χ3n) is 4.47. The van der Waals surface area contributed by atoms with Crippen molar-refractivity contribution < 1.29 is 9.18 Å². The van der Waals surface area contributed by atoms with Crippen molar-refractivity contribution in [2.45, 2.75) is 19.4 Å². The largest absolute Gasteiger partial charge is 0.345 e. The van der Waals surface area contributed by atoms with E-state index < -0.39 is 0 Å². The normalized spacial score (nSPS) is 12.2.